The summed E-state index contributed by atoms with van der Waals surface area (Å²) >= 11 is 0. The Kier molecular flexibility index (Phi) is 5.21. The van der Waals surface area contributed by atoms with Gasteiger partial charge in [0.15, 0.2) is 0 Å². The highest BCUT2D eigenvalue weighted by atomic mass is 16.1. The van der Waals surface area contributed by atoms with Gasteiger partial charge in [-0.15, -0.1) is 0 Å². The van der Waals surface area contributed by atoms with Gasteiger partial charge in [0.05, 0.1) is 0 Å². The van der Waals surface area contributed by atoms with Crippen LogP contribution in [0.25, 0.3) is 0 Å². The molecule has 0 bridgehead atoms. The highest BCUT2D eigenvalue weighted by Gasteiger charge is 2.09. The van der Waals surface area contributed by atoms with Crippen LogP contribution in [0.15, 0.2) is 24.3 Å². The van der Waals surface area contributed by atoms with E-state index in [0.717, 1.165) is 19.5 Å². The molecule has 0 aliphatic carbocycles. The molecule has 1 saturated heterocycles. The fourth-order valence-corrected chi connectivity index (χ4v) is 2.42. The van der Waals surface area contributed by atoms with Gasteiger partial charge in [-0.3, -0.25) is 4.79 Å². The number of amides is 1. The molecular weight excluding hydrogens is 238 g/mol. The predicted molar refractivity (Wildman–Crippen MR) is 78.1 cm³/mol. The molecule has 4 heteroatoms. The molecule has 1 heterocycles. The first-order chi connectivity index (χ1) is 9.25. The average molecular weight is 261 g/mol. The number of anilines is 1. The summed E-state index contributed by atoms with van der Waals surface area (Å²) in [4.78, 5) is 14.3. The number of carbonyl (C=O) groups excluding carboxylic acids is 1. The number of rotatable bonds is 5. The number of piperidine rings is 1. The lowest BCUT2D eigenvalue weighted by Crippen LogP contribution is -2.33. The lowest BCUT2D eigenvalue weighted by molar-refractivity contribution is 0.0951. The van der Waals surface area contributed by atoms with E-state index >= 15 is 0 Å². The third kappa shape index (κ3) is 4.56. The van der Waals surface area contributed by atoms with Crippen LogP contribution in [-0.4, -0.2) is 37.0 Å². The number of nitrogens with zero attached hydrogens (tertiary/aromatic N) is 1. The van der Waals surface area contributed by atoms with E-state index in [4.69, 9.17) is 5.73 Å². The Morgan fingerprint density at radius 3 is 2.53 bits per heavy atom. The number of benzene rings is 1. The molecule has 0 unspecified atom stereocenters. The molecule has 2 rings (SSSR count). The van der Waals surface area contributed by atoms with Gasteiger partial charge in [0, 0.05) is 17.8 Å². The minimum Gasteiger partial charge on any atom is -0.399 e. The summed E-state index contributed by atoms with van der Waals surface area (Å²) in [6, 6.07) is 7.02. The Labute approximate surface area is 115 Å². The fourth-order valence-electron chi connectivity index (χ4n) is 2.42. The van der Waals surface area contributed by atoms with E-state index in [9.17, 15) is 4.79 Å². The molecule has 1 aliphatic heterocycles. The number of nitrogens with two attached hydrogens (primary N) is 1. The van der Waals surface area contributed by atoms with Crippen LogP contribution in [0.1, 0.15) is 36.0 Å². The van der Waals surface area contributed by atoms with Gasteiger partial charge in [-0.05, 0) is 63.2 Å². The van der Waals surface area contributed by atoms with Crippen LogP contribution >= 0.6 is 0 Å². The predicted octanol–water partition coefficient (Wildman–Crippen LogP) is 1.87. The van der Waals surface area contributed by atoms with Gasteiger partial charge in [0.1, 0.15) is 0 Å². The molecule has 4 nitrogen and oxygen atoms in total. The standard InChI is InChI=1S/C15H23N3O/c16-14-7-5-13(6-8-14)15(19)17-9-4-12-18-10-2-1-3-11-18/h5-8H,1-4,9-12,16H2,(H,17,19). The van der Waals surface area contributed by atoms with E-state index in [2.05, 4.69) is 10.2 Å². The summed E-state index contributed by atoms with van der Waals surface area (Å²) in [5.74, 6) is -0.0151. The number of likely N-dealkylation sites (tertiary alicyclic amines) is 1. The van der Waals surface area contributed by atoms with Gasteiger partial charge in [-0.25, -0.2) is 0 Å². The third-order valence-corrected chi connectivity index (χ3v) is 3.56. The molecule has 1 fully saturated rings. The zero-order chi connectivity index (χ0) is 13.5. The van der Waals surface area contributed by atoms with Crippen molar-refractivity contribution in [1.82, 2.24) is 10.2 Å². The Morgan fingerprint density at radius 2 is 1.84 bits per heavy atom. The van der Waals surface area contributed by atoms with E-state index in [1.165, 1.54) is 32.4 Å². The van der Waals surface area contributed by atoms with Crippen molar-refractivity contribution < 1.29 is 4.79 Å². The number of carbonyl (C=O) groups is 1. The lowest BCUT2D eigenvalue weighted by Gasteiger charge is -2.26. The first-order valence-corrected chi connectivity index (χ1v) is 7.12. The number of hydrogen-bond donors (Lipinski definition) is 2. The minimum absolute atomic E-state index is 0.0151. The Hall–Kier alpha value is -1.55. The Balaban J connectivity index is 1.64. The molecule has 0 aromatic heterocycles. The second-order valence-corrected chi connectivity index (χ2v) is 5.13. The highest BCUT2D eigenvalue weighted by molar-refractivity contribution is 5.94. The van der Waals surface area contributed by atoms with Crippen molar-refractivity contribution in [2.75, 3.05) is 31.9 Å². The van der Waals surface area contributed by atoms with E-state index < -0.39 is 0 Å². The molecule has 3 N–H and O–H groups in total. The smallest absolute Gasteiger partial charge is 0.251 e. The maximum absolute atomic E-state index is 11.8. The maximum Gasteiger partial charge on any atom is 0.251 e. The second-order valence-electron chi connectivity index (χ2n) is 5.13. The number of nitrogen functional groups attached to an aromatic ring is 1. The zero-order valence-corrected chi connectivity index (χ0v) is 11.4. The van der Waals surface area contributed by atoms with E-state index in [1.807, 2.05) is 0 Å². The monoisotopic (exact) mass is 261 g/mol. The van der Waals surface area contributed by atoms with E-state index in [1.54, 1.807) is 24.3 Å². The van der Waals surface area contributed by atoms with Crippen molar-refractivity contribution in [3.05, 3.63) is 29.8 Å². The van der Waals surface area contributed by atoms with Crippen molar-refractivity contribution in [3.63, 3.8) is 0 Å². The van der Waals surface area contributed by atoms with Crippen LogP contribution in [-0.2, 0) is 0 Å². The Bertz CT molecular complexity index is 396. The van der Waals surface area contributed by atoms with Crippen LogP contribution in [0.2, 0.25) is 0 Å². The zero-order valence-electron chi connectivity index (χ0n) is 11.4. The van der Waals surface area contributed by atoms with Crippen molar-refractivity contribution in [2.45, 2.75) is 25.7 Å². The molecule has 0 atom stereocenters. The summed E-state index contributed by atoms with van der Waals surface area (Å²) in [5.41, 5.74) is 6.95. The average Bonchev–Trinajstić information content (AvgIpc) is 2.45. The molecule has 0 saturated carbocycles. The van der Waals surface area contributed by atoms with Crippen molar-refractivity contribution in [3.8, 4) is 0 Å². The van der Waals surface area contributed by atoms with Gasteiger partial charge < -0.3 is 16.0 Å². The largest absolute Gasteiger partial charge is 0.399 e. The topological polar surface area (TPSA) is 58.4 Å². The molecule has 0 spiro atoms. The number of nitrogens with one attached hydrogen (secondary N) is 1. The first-order valence-electron chi connectivity index (χ1n) is 7.12. The summed E-state index contributed by atoms with van der Waals surface area (Å²) < 4.78 is 0. The molecule has 0 radical (unpaired) electrons. The molecule has 1 aromatic rings. The summed E-state index contributed by atoms with van der Waals surface area (Å²) in [7, 11) is 0. The van der Waals surface area contributed by atoms with E-state index in [0.29, 0.717) is 11.3 Å². The molecule has 1 aromatic carbocycles. The quantitative estimate of drug-likeness (QED) is 0.628. The summed E-state index contributed by atoms with van der Waals surface area (Å²) in [6.45, 7) is 4.25. The van der Waals surface area contributed by atoms with Crippen LogP contribution < -0.4 is 11.1 Å². The van der Waals surface area contributed by atoms with Crippen LogP contribution in [0.4, 0.5) is 5.69 Å². The first kappa shape index (κ1) is 13.9. The third-order valence-electron chi connectivity index (χ3n) is 3.56. The van der Waals surface area contributed by atoms with E-state index in [-0.39, 0.29) is 5.91 Å². The van der Waals surface area contributed by atoms with Gasteiger partial charge >= 0.3 is 0 Å². The summed E-state index contributed by atoms with van der Waals surface area (Å²) in [5, 5.41) is 2.95. The van der Waals surface area contributed by atoms with Crippen LogP contribution in [0.3, 0.4) is 0 Å². The molecule has 104 valence electrons. The van der Waals surface area contributed by atoms with Gasteiger partial charge in [-0.2, -0.15) is 0 Å². The highest BCUT2D eigenvalue weighted by Crippen LogP contribution is 2.08. The van der Waals surface area contributed by atoms with Crippen LogP contribution in [0, 0.1) is 0 Å². The molecule has 1 aliphatic rings. The van der Waals surface area contributed by atoms with Gasteiger partial charge in [0.2, 0.25) is 0 Å². The lowest BCUT2D eigenvalue weighted by atomic mass is 10.1. The minimum atomic E-state index is -0.0151. The van der Waals surface area contributed by atoms with Gasteiger partial charge in [0.25, 0.3) is 5.91 Å². The van der Waals surface area contributed by atoms with Crippen molar-refractivity contribution in [1.29, 1.82) is 0 Å². The molecular formula is C15H23N3O. The maximum atomic E-state index is 11.8. The van der Waals surface area contributed by atoms with Crippen molar-refractivity contribution in [2.24, 2.45) is 0 Å². The molecule has 1 amide bonds. The Morgan fingerprint density at radius 1 is 1.16 bits per heavy atom. The normalized spacial score (nSPS) is 16.2. The fraction of sp³-hybridized carbons (Fsp3) is 0.533. The van der Waals surface area contributed by atoms with Crippen LogP contribution in [0.5, 0.6) is 0 Å². The second kappa shape index (κ2) is 7.14. The van der Waals surface area contributed by atoms with Gasteiger partial charge in [-0.1, -0.05) is 6.42 Å². The van der Waals surface area contributed by atoms with Crippen molar-refractivity contribution >= 4 is 11.6 Å². The SMILES string of the molecule is Nc1ccc(C(=O)NCCCN2CCCCC2)cc1. The number of hydrogen-bond acceptors (Lipinski definition) is 3. The molecule has 19 heavy (non-hydrogen) atoms. The summed E-state index contributed by atoms with van der Waals surface area (Å²) in [6.07, 6.45) is 5.01.